The Hall–Kier alpha value is -1.72. The molecule has 0 aliphatic rings. The molecule has 1 aromatic heterocycles. The molecule has 1 amide bonds. The van der Waals surface area contributed by atoms with E-state index in [1.165, 1.54) is 0 Å². The molecule has 1 N–H and O–H groups in total. The number of pyridine rings is 1. The third-order valence-corrected chi connectivity index (χ3v) is 3.80. The maximum atomic E-state index is 12.6. The average Bonchev–Trinajstić information content (AvgIpc) is 2.43. The number of anilines is 1. The number of aryl methyl sites for hydroxylation is 1. The molecule has 0 spiro atoms. The molecule has 1 aromatic carbocycles. The van der Waals surface area contributed by atoms with Crippen molar-refractivity contribution >= 4 is 27.5 Å². The van der Waals surface area contributed by atoms with Crippen molar-refractivity contribution in [3.05, 3.63) is 58.3 Å². The molecule has 0 saturated heterocycles. The van der Waals surface area contributed by atoms with Crippen LogP contribution in [0.25, 0.3) is 0 Å². The topological polar surface area (TPSA) is 45.2 Å². The second-order valence-electron chi connectivity index (χ2n) is 5.13. The van der Waals surface area contributed by atoms with Gasteiger partial charge in [0.15, 0.2) is 0 Å². The molecule has 2 aromatic rings. The van der Waals surface area contributed by atoms with Crippen LogP contribution < -0.4 is 5.32 Å². The van der Waals surface area contributed by atoms with E-state index in [2.05, 4.69) is 26.2 Å². The zero-order valence-electron chi connectivity index (χ0n) is 12.3. The first kappa shape index (κ1) is 15.7. The van der Waals surface area contributed by atoms with E-state index >= 15 is 0 Å². The van der Waals surface area contributed by atoms with E-state index in [-0.39, 0.29) is 11.9 Å². The van der Waals surface area contributed by atoms with E-state index < -0.39 is 0 Å². The Morgan fingerprint density at radius 2 is 2.10 bits per heavy atom. The number of likely N-dealkylation sites (N-methyl/N-ethyl adjacent to an activating group) is 1. The molecule has 1 heterocycles. The molecule has 1 atom stereocenters. The van der Waals surface area contributed by atoms with Crippen LogP contribution >= 0.6 is 15.9 Å². The Kier molecular flexibility index (Phi) is 5.09. The number of nitrogens with zero attached hydrogens (tertiary/aromatic N) is 2. The second kappa shape index (κ2) is 6.83. The van der Waals surface area contributed by atoms with Crippen molar-refractivity contribution in [2.75, 3.05) is 19.4 Å². The molecule has 0 fully saturated rings. The van der Waals surface area contributed by atoms with Gasteiger partial charge in [-0.3, -0.25) is 14.7 Å². The molecular formula is C16H18BrN3O. The average molecular weight is 348 g/mol. The van der Waals surface area contributed by atoms with Gasteiger partial charge in [-0.25, -0.2) is 0 Å². The van der Waals surface area contributed by atoms with Crippen molar-refractivity contribution in [3.8, 4) is 0 Å². The summed E-state index contributed by atoms with van der Waals surface area (Å²) in [5.74, 6) is -0.0856. The predicted molar refractivity (Wildman–Crippen MR) is 88.2 cm³/mol. The number of aromatic nitrogens is 1. The van der Waals surface area contributed by atoms with E-state index in [4.69, 9.17) is 0 Å². The normalized spacial score (nSPS) is 12.2. The van der Waals surface area contributed by atoms with Crippen LogP contribution in [0.2, 0.25) is 0 Å². The van der Waals surface area contributed by atoms with Gasteiger partial charge in [-0.05, 0) is 66.3 Å². The highest BCUT2D eigenvalue weighted by Crippen LogP contribution is 2.26. The summed E-state index contributed by atoms with van der Waals surface area (Å²) in [6.07, 6.45) is 3.42. The van der Waals surface area contributed by atoms with Gasteiger partial charge in [-0.1, -0.05) is 12.1 Å². The molecule has 4 nitrogen and oxygen atoms in total. The minimum atomic E-state index is -0.382. The maximum absolute atomic E-state index is 12.6. The van der Waals surface area contributed by atoms with Crippen LogP contribution in [-0.4, -0.2) is 29.9 Å². The van der Waals surface area contributed by atoms with E-state index in [1.54, 1.807) is 12.4 Å². The third-order valence-electron chi connectivity index (χ3n) is 3.15. The van der Waals surface area contributed by atoms with Crippen LogP contribution in [0.15, 0.2) is 47.2 Å². The minimum absolute atomic E-state index is 0.0856. The van der Waals surface area contributed by atoms with Crippen LogP contribution in [0, 0.1) is 6.92 Å². The molecule has 21 heavy (non-hydrogen) atoms. The van der Waals surface area contributed by atoms with Crippen LogP contribution in [0.4, 0.5) is 5.69 Å². The lowest BCUT2D eigenvalue weighted by Crippen LogP contribution is -2.32. The number of halogens is 1. The second-order valence-corrected chi connectivity index (χ2v) is 5.98. The number of carbonyl (C=O) groups is 1. The van der Waals surface area contributed by atoms with Gasteiger partial charge in [0.1, 0.15) is 6.04 Å². The Morgan fingerprint density at radius 3 is 2.67 bits per heavy atom. The van der Waals surface area contributed by atoms with Gasteiger partial charge in [0.2, 0.25) is 5.91 Å². The van der Waals surface area contributed by atoms with Crippen molar-refractivity contribution in [1.29, 1.82) is 0 Å². The summed E-state index contributed by atoms with van der Waals surface area (Å²) in [6, 6.07) is 9.20. The van der Waals surface area contributed by atoms with Crippen LogP contribution in [0.3, 0.4) is 0 Å². The first-order chi connectivity index (χ1) is 9.99. The largest absolute Gasteiger partial charge is 0.323 e. The SMILES string of the molecule is Cc1ccc(NC(=O)C(c2cccnc2)N(C)C)c(Br)c1. The summed E-state index contributed by atoms with van der Waals surface area (Å²) >= 11 is 3.48. The number of carbonyl (C=O) groups excluding carboxylic acids is 1. The highest BCUT2D eigenvalue weighted by atomic mass is 79.9. The summed E-state index contributed by atoms with van der Waals surface area (Å²) in [4.78, 5) is 18.6. The Labute approximate surface area is 133 Å². The maximum Gasteiger partial charge on any atom is 0.246 e. The molecule has 0 aliphatic carbocycles. The lowest BCUT2D eigenvalue weighted by molar-refractivity contribution is -0.120. The van der Waals surface area contributed by atoms with Crippen LogP contribution in [0.1, 0.15) is 17.2 Å². The van der Waals surface area contributed by atoms with Gasteiger partial charge in [-0.15, -0.1) is 0 Å². The van der Waals surface area contributed by atoms with Gasteiger partial charge in [0, 0.05) is 16.9 Å². The number of benzene rings is 1. The number of nitrogens with one attached hydrogen (secondary N) is 1. The summed E-state index contributed by atoms with van der Waals surface area (Å²) in [6.45, 7) is 2.01. The third kappa shape index (κ3) is 3.89. The van der Waals surface area contributed by atoms with Crippen LogP contribution in [0.5, 0.6) is 0 Å². The number of hydrogen-bond acceptors (Lipinski definition) is 3. The fraction of sp³-hybridized carbons (Fsp3) is 0.250. The molecule has 5 heteroatoms. The predicted octanol–water partition coefficient (Wildman–Crippen LogP) is 3.39. The monoisotopic (exact) mass is 347 g/mol. The summed E-state index contributed by atoms with van der Waals surface area (Å²) in [7, 11) is 3.75. The standard InChI is InChI=1S/C16H18BrN3O/c1-11-6-7-14(13(17)9-11)19-16(21)15(20(2)3)12-5-4-8-18-10-12/h4-10,15H,1-3H3,(H,19,21). The van der Waals surface area contributed by atoms with Crippen molar-refractivity contribution in [1.82, 2.24) is 9.88 Å². The fourth-order valence-corrected chi connectivity index (χ4v) is 2.74. The lowest BCUT2D eigenvalue weighted by atomic mass is 10.1. The Morgan fingerprint density at radius 1 is 1.33 bits per heavy atom. The molecule has 0 saturated carbocycles. The summed E-state index contributed by atoms with van der Waals surface area (Å²) in [5.41, 5.74) is 2.76. The first-order valence-electron chi connectivity index (χ1n) is 6.62. The van der Waals surface area contributed by atoms with Crippen LogP contribution in [-0.2, 0) is 4.79 Å². The molecule has 0 radical (unpaired) electrons. The highest BCUT2D eigenvalue weighted by Gasteiger charge is 2.23. The fourth-order valence-electron chi connectivity index (χ4n) is 2.14. The zero-order valence-corrected chi connectivity index (χ0v) is 13.9. The lowest BCUT2D eigenvalue weighted by Gasteiger charge is -2.23. The van der Waals surface area contributed by atoms with Gasteiger partial charge >= 0.3 is 0 Å². The van der Waals surface area contributed by atoms with E-state index in [9.17, 15) is 4.79 Å². The minimum Gasteiger partial charge on any atom is -0.323 e. The number of hydrogen-bond donors (Lipinski definition) is 1. The number of amides is 1. The molecule has 0 aliphatic heterocycles. The first-order valence-corrected chi connectivity index (χ1v) is 7.41. The van der Waals surface area contributed by atoms with Gasteiger partial charge < -0.3 is 5.32 Å². The Balaban J connectivity index is 2.24. The molecular weight excluding hydrogens is 330 g/mol. The van der Waals surface area contributed by atoms with Gasteiger partial charge in [-0.2, -0.15) is 0 Å². The van der Waals surface area contributed by atoms with Gasteiger partial charge in [0.25, 0.3) is 0 Å². The van der Waals surface area contributed by atoms with Gasteiger partial charge in [0.05, 0.1) is 5.69 Å². The van der Waals surface area contributed by atoms with E-state index in [0.717, 1.165) is 21.3 Å². The number of rotatable bonds is 4. The molecule has 110 valence electrons. The zero-order chi connectivity index (χ0) is 15.4. The van der Waals surface area contributed by atoms with Crippen molar-refractivity contribution in [2.24, 2.45) is 0 Å². The van der Waals surface area contributed by atoms with E-state index in [1.807, 2.05) is 56.3 Å². The van der Waals surface area contributed by atoms with E-state index in [0.29, 0.717) is 0 Å². The molecule has 0 bridgehead atoms. The summed E-state index contributed by atoms with van der Waals surface area (Å²) in [5, 5.41) is 2.96. The van der Waals surface area contributed by atoms with Crippen molar-refractivity contribution in [2.45, 2.75) is 13.0 Å². The van der Waals surface area contributed by atoms with Crippen molar-refractivity contribution < 1.29 is 4.79 Å². The summed E-state index contributed by atoms with van der Waals surface area (Å²) < 4.78 is 0.875. The highest BCUT2D eigenvalue weighted by molar-refractivity contribution is 9.10. The smallest absolute Gasteiger partial charge is 0.246 e. The van der Waals surface area contributed by atoms with Crippen molar-refractivity contribution in [3.63, 3.8) is 0 Å². The molecule has 1 unspecified atom stereocenters. The quantitative estimate of drug-likeness (QED) is 0.921. The molecule has 2 rings (SSSR count). The Bertz CT molecular complexity index is 629.